The molecule has 26 heavy (non-hydrogen) atoms. The quantitative estimate of drug-likeness (QED) is 0.281. The maximum Gasteiger partial charge on any atom is 0.408 e. The van der Waals surface area contributed by atoms with Crippen LogP contribution in [-0.2, 0) is 4.74 Å². The summed E-state index contributed by atoms with van der Waals surface area (Å²) in [7, 11) is 1.75. The third kappa shape index (κ3) is 11.1. The van der Waals surface area contributed by atoms with E-state index in [0.29, 0.717) is 6.54 Å². The molecule has 1 saturated carbocycles. The van der Waals surface area contributed by atoms with Gasteiger partial charge in [0.25, 0.3) is 0 Å². The molecule has 0 heterocycles. The van der Waals surface area contributed by atoms with Gasteiger partial charge in [-0.15, -0.1) is 24.0 Å². The molecule has 7 nitrogen and oxygen atoms in total. The topological polar surface area (TPSA) is 78.0 Å². The van der Waals surface area contributed by atoms with E-state index in [-0.39, 0.29) is 24.0 Å². The van der Waals surface area contributed by atoms with Crippen LogP contribution in [0.3, 0.4) is 0 Å². The van der Waals surface area contributed by atoms with Gasteiger partial charge in [-0.3, -0.25) is 9.89 Å². The molecule has 0 aromatic heterocycles. The van der Waals surface area contributed by atoms with Crippen LogP contribution in [0.4, 0.5) is 4.79 Å². The Hall–Kier alpha value is -0.770. The van der Waals surface area contributed by atoms with E-state index in [4.69, 9.17) is 4.74 Å². The molecule has 0 aliphatic heterocycles. The van der Waals surface area contributed by atoms with Crippen molar-refractivity contribution in [3.63, 3.8) is 0 Å². The normalized spacial score (nSPS) is 15.3. The molecule has 0 unspecified atom stereocenters. The van der Waals surface area contributed by atoms with Crippen molar-refractivity contribution in [1.29, 1.82) is 0 Å². The molecular formula is C18H38IN5O2. The first-order valence-corrected chi connectivity index (χ1v) is 9.26. The van der Waals surface area contributed by atoms with Crippen molar-refractivity contribution in [1.82, 2.24) is 20.9 Å². The molecular weight excluding hydrogens is 445 g/mol. The van der Waals surface area contributed by atoms with E-state index in [0.717, 1.165) is 31.6 Å². The van der Waals surface area contributed by atoms with Gasteiger partial charge in [-0.1, -0.05) is 6.92 Å². The summed E-state index contributed by atoms with van der Waals surface area (Å²) in [5, 5.41) is 9.48. The summed E-state index contributed by atoms with van der Waals surface area (Å²) in [5.41, 5.74) is -0.957. The molecule has 1 aliphatic rings. The van der Waals surface area contributed by atoms with E-state index in [9.17, 15) is 4.79 Å². The van der Waals surface area contributed by atoms with Crippen molar-refractivity contribution in [3.8, 4) is 0 Å². The van der Waals surface area contributed by atoms with E-state index in [2.05, 4.69) is 32.8 Å². The van der Waals surface area contributed by atoms with E-state index < -0.39 is 17.2 Å². The summed E-state index contributed by atoms with van der Waals surface area (Å²) in [6, 6.07) is 0.777. The summed E-state index contributed by atoms with van der Waals surface area (Å²) in [6.45, 7) is 15.2. The SMILES string of the molecule is CCN(CCNC(=NC)NCC(C)(C)NC(=O)OC(C)(C)C)C1CC1.I. The third-order valence-corrected chi connectivity index (χ3v) is 3.92. The number of rotatable bonds is 8. The number of nitrogens with one attached hydrogen (secondary N) is 3. The molecule has 0 saturated heterocycles. The lowest BCUT2D eigenvalue weighted by Crippen LogP contribution is -2.54. The Morgan fingerprint density at radius 3 is 2.27 bits per heavy atom. The van der Waals surface area contributed by atoms with Crippen LogP contribution in [0.1, 0.15) is 54.4 Å². The fraction of sp³-hybridized carbons (Fsp3) is 0.889. The number of hydrogen-bond donors (Lipinski definition) is 3. The Bertz CT molecular complexity index is 459. The average molecular weight is 483 g/mol. The van der Waals surface area contributed by atoms with Crippen LogP contribution in [0.25, 0.3) is 0 Å². The molecule has 8 heteroatoms. The zero-order valence-corrected chi connectivity index (χ0v) is 19.8. The van der Waals surface area contributed by atoms with Crippen LogP contribution < -0.4 is 16.0 Å². The van der Waals surface area contributed by atoms with Gasteiger partial charge in [-0.05, 0) is 54.0 Å². The summed E-state index contributed by atoms with van der Waals surface area (Å²) in [6.07, 6.45) is 2.24. The second kappa shape index (κ2) is 11.2. The van der Waals surface area contributed by atoms with Crippen LogP contribution >= 0.6 is 24.0 Å². The molecule has 0 atom stereocenters. The second-order valence-corrected chi connectivity index (χ2v) is 8.22. The van der Waals surface area contributed by atoms with E-state index >= 15 is 0 Å². The molecule has 1 rings (SSSR count). The molecule has 1 fully saturated rings. The fourth-order valence-electron chi connectivity index (χ4n) is 2.51. The Kier molecular flexibility index (Phi) is 10.8. The number of guanidine groups is 1. The number of carbonyl (C=O) groups excluding carboxylic acids is 1. The number of carbonyl (C=O) groups is 1. The largest absolute Gasteiger partial charge is 0.444 e. The summed E-state index contributed by atoms with van der Waals surface area (Å²) >= 11 is 0. The molecule has 0 aromatic rings. The van der Waals surface area contributed by atoms with Gasteiger partial charge in [0.2, 0.25) is 0 Å². The van der Waals surface area contributed by atoms with Crippen molar-refractivity contribution >= 4 is 36.0 Å². The van der Waals surface area contributed by atoms with Crippen molar-refractivity contribution in [2.45, 2.75) is 71.6 Å². The van der Waals surface area contributed by atoms with Gasteiger partial charge < -0.3 is 20.7 Å². The number of likely N-dealkylation sites (N-methyl/N-ethyl adjacent to an activating group) is 1. The van der Waals surface area contributed by atoms with Crippen LogP contribution in [0.5, 0.6) is 0 Å². The standard InChI is InChI=1S/C18H37N5O2.HI/c1-8-23(14-9-10-14)12-11-20-15(19-7)21-13-18(5,6)22-16(24)25-17(2,3)4;/h14H,8-13H2,1-7H3,(H,22,24)(H2,19,20,21);1H. The lowest BCUT2D eigenvalue weighted by atomic mass is 10.1. The predicted octanol–water partition coefficient (Wildman–Crippen LogP) is 2.56. The Labute approximate surface area is 176 Å². The monoisotopic (exact) mass is 483 g/mol. The number of amides is 1. The minimum absolute atomic E-state index is 0. The second-order valence-electron chi connectivity index (χ2n) is 8.22. The Morgan fingerprint density at radius 2 is 1.81 bits per heavy atom. The maximum atomic E-state index is 11.9. The number of halogens is 1. The number of ether oxygens (including phenoxy) is 1. The first kappa shape index (κ1) is 25.2. The minimum Gasteiger partial charge on any atom is -0.444 e. The Balaban J connectivity index is 0.00000625. The smallest absolute Gasteiger partial charge is 0.408 e. The summed E-state index contributed by atoms with van der Waals surface area (Å²) in [4.78, 5) is 18.7. The van der Waals surface area contributed by atoms with Crippen LogP contribution in [0, 0.1) is 0 Å². The van der Waals surface area contributed by atoms with Crippen molar-refractivity contribution < 1.29 is 9.53 Å². The molecule has 0 aromatic carbocycles. The zero-order valence-electron chi connectivity index (χ0n) is 17.4. The van der Waals surface area contributed by atoms with Crippen LogP contribution in [0.15, 0.2) is 4.99 Å². The molecule has 3 N–H and O–H groups in total. The number of alkyl carbamates (subject to hydrolysis) is 1. The highest BCUT2D eigenvalue weighted by molar-refractivity contribution is 14.0. The van der Waals surface area contributed by atoms with Crippen LogP contribution in [-0.4, -0.2) is 67.4 Å². The van der Waals surface area contributed by atoms with Crippen LogP contribution in [0.2, 0.25) is 0 Å². The van der Waals surface area contributed by atoms with Gasteiger partial charge in [0.1, 0.15) is 5.60 Å². The van der Waals surface area contributed by atoms with Gasteiger partial charge in [0.15, 0.2) is 5.96 Å². The van der Waals surface area contributed by atoms with Gasteiger partial charge in [0, 0.05) is 32.7 Å². The number of nitrogens with zero attached hydrogens (tertiary/aromatic N) is 2. The fourth-order valence-corrected chi connectivity index (χ4v) is 2.51. The number of hydrogen-bond acceptors (Lipinski definition) is 4. The molecule has 0 spiro atoms. The first-order chi connectivity index (χ1) is 11.6. The lowest BCUT2D eigenvalue weighted by Gasteiger charge is -2.29. The minimum atomic E-state index is -0.502. The van der Waals surface area contributed by atoms with Crippen molar-refractivity contribution in [2.75, 3.05) is 33.2 Å². The van der Waals surface area contributed by atoms with Crippen molar-refractivity contribution in [2.24, 2.45) is 4.99 Å². The molecule has 1 aliphatic carbocycles. The number of aliphatic imine (C=N–C) groups is 1. The van der Waals surface area contributed by atoms with Gasteiger partial charge >= 0.3 is 6.09 Å². The van der Waals surface area contributed by atoms with E-state index in [1.165, 1.54) is 12.8 Å². The highest BCUT2D eigenvalue weighted by Gasteiger charge is 2.27. The average Bonchev–Trinajstić information content (AvgIpc) is 3.28. The third-order valence-electron chi connectivity index (χ3n) is 3.92. The Morgan fingerprint density at radius 1 is 1.19 bits per heavy atom. The van der Waals surface area contributed by atoms with E-state index in [1.54, 1.807) is 7.05 Å². The first-order valence-electron chi connectivity index (χ1n) is 9.26. The molecule has 1 amide bonds. The highest BCUT2D eigenvalue weighted by Crippen LogP contribution is 2.25. The van der Waals surface area contributed by atoms with Gasteiger partial charge in [-0.25, -0.2) is 4.79 Å². The summed E-state index contributed by atoms with van der Waals surface area (Å²) < 4.78 is 5.31. The maximum absolute atomic E-state index is 11.9. The summed E-state index contributed by atoms with van der Waals surface area (Å²) in [5.74, 6) is 0.742. The lowest BCUT2D eigenvalue weighted by molar-refractivity contribution is 0.0474. The zero-order chi connectivity index (χ0) is 19.1. The highest BCUT2D eigenvalue weighted by atomic mass is 127. The molecule has 154 valence electrons. The predicted molar refractivity (Wildman–Crippen MR) is 118 cm³/mol. The molecule has 0 radical (unpaired) electrons. The van der Waals surface area contributed by atoms with E-state index in [1.807, 2.05) is 34.6 Å². The van der Waals surface area contributed by atoms with Gasteiger partial charge in [-0.2, -0.15) is 0 Å². The molecule has 0 bridgehead atoms. The van der Waals surface area contributed by atoms with Gasteiger partial charge in [0.05, 0.1) is 5.54 Å². The van der Waals surface area contributed by atoms with Crippen molar-refractivity contribution in [3.05, 3.63) is 0 Å².